The molecule has 0 spiro atoms. The molecule has 1 heterocycles. The average molecular weight is 196 g/mol. The van der Waals surface area contributed by atoms with Gasteiger partial charge in [0, 0.05) is 19.2 Å². The van der Waals surface area contributed by atoms with E-state index in [0.29, 0.717) is 13.1 Å². The van der Waals surface area contributed by atoms with Gasteiger partial charge in [0.1, 0.15) is 5.76 Å². The fourth-order valence-corrected chi connectivity index (χ4v) is 1.19. The van der Waals surface area contributed by atoms with Crippen LogP contribution < -0.4 is 5.32 Å². The Balaban J connectivity index is 2.52. The van der Waals surface area contributed by atoms with E-state index in [1.165, 1.54) is 0 Å². The summed E-state index contributed by atoms with van der Waals surface area (Å²) in [7, 11) is 1.76. The molecule has 0 fully saturated rings. The van der Waals surface area contributed by atoms with Crippen LogP contribution in [0.1, 0.15) is 18.2 Å². The highest BCUT2D eigenvalue weighted by molar-refractivity contribution is 5.73. The Morgan fingerprint density at radius 3 is 2.86 bits per heavy atom. The van der Waals surface area contributed by atoms with E-state index in [0.717, 1.165) is 11.3 Å². The summed E-state index contributed by atoms with van der Waals surface area (Å²) in [5, 5.41) is 2.73. The molecule has 0 saturated carbocycles. The van der Waals surface area contributed by atoms with Gasteiger partial charge in [0.15, 0.2) is 0 Å². The molecule has 1 N–H and O–H groups in total. The van der Waals surface area contributed by atoms with Crippen molar-refractivity contribution in [2.24, 2.45) is 0 Å². The number of rotatable bonds is 3. The zero-order valence-corrected chi connectivity index (χ0v) is 8.83. The van der Waals surface area contributed by atoms with Crippen LogP contribution in [0.3, 0.4) is 0 Å². The Bertz CT molecular complexity index is 307. The van der Waals surface area contributed by atoms with Crippen LogP contribution in [0.15, 0.2) is 16.7 Å². The van der Waals surface area contributed by atoms with Crippen molar-refractivity contribution in [1.82, 2.24) is 10.2 Å². The molecule has 78 valence electrons. The summed E-state index contributed by atoms with van der Waals surface area (Å²) in [4.78, 5) is 13.0. The predicted molar refractivity (Wildman–Crippen MR) is 54.0 cm³/mol. The van der Waals surface area contributed by atoms with Crippen LogP contribution in [0.25, 0.3) is 0 Å². The lowest BCUT2D eigenvalue weighted by Crippen LogP contribution is -2.36. The Kier molecular flexibility index (Phi) is 3.56. The van der Waals surface area contributed by atoms with Gasteiger partial charge in [-0.2, -0.15) is 0 Å². The summed E-state index contributed by atoms with van der Waals surface area (Å²) in [6, 6.07) is 1.82. The largest absolute Gasteiger partial charge is 0.469 e. The Hall–Kier alpha value is -1.45. The van der Waals surface area contributed by atoms with E-state index in [2.05, 4.69) is 5.32 Å². The molecule has 0 aromatic carbocycles. The Morgan fingerprint density at radius 2 is 2.36 bits per heavy atom. The maximum Gasteiger partial charge on any atom is 0.317 e. The van der Waals surface area contributed by atoms with Crippen molar-refractivity contribution >= 4 is 6.03 Å². The van der Waals surface area contributed by atoms with Crippen LogP contribution in [0, 0.1) is 6.92 Å². The molecule has 1 rings (SSSR count). The standard InChI is InChI=1S/C10H16N2O2/c1-4-11-10(13)12(3)7-9-5-6-14-8(9)2/h5-6H,4,7H2,1-3H3,(H,11,13). The van der Waals surface area contributed by atoms with Gasteiger partial charge in [0.2, 0.25) is 0 Å². The van der Waals surface area contributed by atoms with Gasteiger partial charge in [0.05, 0.1) is 12.8 Å². The highest BCUT2D eigenvalue weighted by atomic mass is 16.3. The van der Waals surface area contributed by atoms with E-state index >= 15 is 0 Å². The fourth-order valence-electron chi connectivity index (χ4n) is 1.19. The number of carbonyl (C=O) groups excluding carboxylic acids is 1. The first-order chi connectivity index (χ1) is 6.65. The van der Waals surface area contributed by atoms with E-state index in [1.807, 2.05) is 19.9 Å². The van der Waals surface area contributed by atoms with Crippen LogP contribution in [0.2, 0.25) is 0 Å². The highest BCUT2D eigenvalue weighted by Gasteiger charge is 2.09. The van der Waals surface area contributed by atoms with Crippen molar-refractivity contribution in [3.63, 3.8) is 0 Å². The van der Waals surface area contributed by atoms with E-state index < -0.39 is 0 Å². The lowest BCUT2D eigenvalue weighted by Gasteiger charge is -2.16. The number of hydrogen-bond acceptors (Lipinski definition) is 2. The zero-order valence-electron chi connectivity index (χ0n) is 8.83. The summed E-state index contributed by atoms with van der Waals surface area (Å²) < 4.78 is 5.15. The van der Waals surface area contributed by atoms with Gasteiger partial charge in [-0.05, 0) is 19.9 Å². The number of nitrogens with zero attached hydrogens (tertiary/aromatic N) is 1. The van der Waals surface area contributed by atoms with Gasteiger partial charge in [-0.25, -0.2) is 4.79 Å². The molecule has 0 bridgehead atoms. The molecular formula is C10H16N2O2. The maximum absolute atomic E-state index is 11.4. The first-order valence-corrected chi connectivity index (χ1v) is 4.67. The molecule has 0 aliphatic carbocycles. The monoisotopic (exact) mass is 196 g/mol. The fraction of sp³-hybridized carbons (Fsp3) is 0.500. The van der Waals surface area contributed by atoms with Gasteiger partial charge in [-0.15, -0.1) is 0 Å². The second kappa shape index (κ2) is 4.69. The van der Waals surface area contributed by atoms with Crippen molar-refractivity contribution < 1.29 is 9.21 Å². The number of urea groups is 1. The molecule has 0 unspecified atom stereocenters. The van der Waals surface area contributed by atoms with Crippen molar-refractivity contribution in [3.8, 4) is 0 Å². The van der Waals surface area contributed by atoms with Crippen molar-refractivity contribution in [1.29, 1.82) is 0 Å². The minimum absolute atomic E-state index is 0.0619. The van der Waals surface area contributed by atoms with Gasteiger partial charge >= 0.3 is 6.03 Å². The molecule has 0 saturated heterocycles. The summed E-state index contributed by atoms with van der Waals surface area (Å²) in [5.74, 6) is 0.862. The molecule has 2 amide bonds. The van der Waals surface area contributed by atoms with Crippen LogP contribution >= 0.6 is 0 Å². The highest BCUT2D eigenvalue weighted by Crippen LogP contribution is 2.10. The molecule has 0 atom stereocenters. The van der Waals surface area contributed by atoms with Crippen LogP contribution in [-0.4, -0.2) is 24.5 Å². The first-order valence-electron chi connectivity index (χ1n) is 4.67. The third-order valence-electron chi connectivity index (χ3n) is 2.05. The number of nitrogens with one attached hydrogen (secondary N) is 1. The van der Waals surface area contributed by atoms with Crippen LogP contribution in [-0.2, 0) is 6.54 Å². The number of carbonyl (C=O) groups is 1. The molecule has 0 radical (unpaired) electrons. The average Bonchev–Trinajstić information content (AvgIpc) is 2.52. The Labute approximate surface area is 83.9 Å². The number of amides is 2. The maximum atomic E-state index is 11.4. The number of aryl methyl sites for hydroxylation is 1. The first kappa shape index (κ1) is 10.6. The van der Waals surface area contributed by atoms with E-state index in [4.69, 9.17) is 4.42 Å². The smallest absolute Gasteiger partial charge is 0.317 e. The quantitative estimate of drug-likeness (QED) is 0.800. The summed E-state index contributed by atoms with van der Waals surface area (Å²) in [6.45, 7) is 5.01. The third-order valence-corrected chi connectivity index (χ3v) is 2.05. The van der Waals surface area contributed by atoms with E-state index in [-0.39, 0.29) is 6.03 Å². The lowest BCUT2D eigenvalue weighted by molar-refractivity contribution is 0.207. The molecule has 1 aromatic rings. The second-order valence-electron chi connectivity index (χ2n) is 3.19. The minimum atomic E-state index is -0.0619. The second-order valence-corrected chi connectivity index (χ2v) is 3.19. The zero-order chi connectivity index (χ0) is 10.6. The Morgan fingerprint density at radius 1 is 1.64 bits per heavy atom. The molecule has 0 aliphatic rings. The summed E-state index contributed by atoms with van der Waals surface area (Å²) in [6.07, 6.45) is 1.64. The van der Waals surface area contributed by atoms with Crippen molar-refractivity contribution in [3.05, 3.63) is 23.7 Å². The number of hydrogen-bond donors (Lipinski definition) is 1. The molecule has 4 heteroatoms. The van der Waals surface area contributed by atoms with Gasteiger partial charge in [-0.1, -0.05) is 0 Å². The number of furan rings is 1. The third kappa shape index (κ3) is 2.52. The van der Waals surface area contributed by atoms with Crippen molar-refractivity contribution in [2.75, 3.05) is 13.6 Å². The minimum Gasteiger partial charge on any atom is -0.469 e. The molecule has 0 aliphatic heterocycles. The van der Waals surface area contributed by atoms with Gasteiger partial charge in [-0.3, -0.25) is 0 Å². The van der Waals surface area contributed by atoms with Crippen molar-refractivity contribution in [2.45, 2.75) is 20.4 Å². The molecule has 4 nitrogen and oxygen atoms in total. The van der Waals surface area contributed by atoms with Crippen LogP contribution in [0.4, 0.5) is 4.79 Å². The van der Waals surface area contributed by atoms with E-state index in [9.17, 15) is 4.79 Å². The SMILES string of the molecule is CCNC(=O)N(C)Cc1ccoc1C. The summed E-state index contributed by atoms with van der Waals surface area (Å²) in [5.41, 5.74) is 1.04. The molecular weight excluding hydrogens is 180 g/mol. The lowest BCUT2D eigenvalue weighted by atomic mass is 10.2. The van der Waals surface area contributed by atoms with E-state index in [1.54, 1.807) is 18.2 Å². The van der Waals surface area contributed by atoms with Gasteiger partial charge < -0.3 is 14.6 Å². The normalized spacial score (nSPS) is 9.93. The van der Waals surface area contributed by atoms with Gasteiger partial charge in [0.25, 0.3) is 0 Å². The molecule has 1 aromatic heterocycles. The topological polar surface area (TPSA) is 45.5 Å². The summed E-state index contributed by atoms with van der Waals surface area (Å²) >= 11 is 0. The molecule has 14 heavy (non-hydrogen) atoms. The van der Waals surface area contributed by atoms with Crippen LogP contribution in [0.5, 0.6) is 0 Å². The predicted octanol–water partition coefficient (Wildman–Crippen LogP) is 1.75.